The molecule has 10 heteroatoms. The topological polar surface area (TPSA) is 106 Å². The van der Waals surface area contributed by atoms with Gasteiger partial charge in [0, 0.05) is 27.4 Å². The Hall–Kier alpha value is -5.25. The molecule has 2 N–H and O–H groups in total. The standard InChI is InChI=1S/C34H26ClN3O5S/c1-2-42-28-20-23(12-18-27(28)43-30(39)19-13-22-8-4-3-5-9-22)21-36-38-33(40)24-14-16-25(17-15-24)37-34(41)32-31(35)26-10-6-7-11-29(26)44-32/h3-21H,2H2,1H3,(H,37,41)(H,38,40)/b19-13+,36-21-. The van der Waals surface area contributed by atoms with Crippen molar-refractivity contribution in [2.45, 2.75) is 6.92 Å². The zero-order chi connectivity index (χ0) is 30.9. The van der Waals surface area contributed by atoms with E-state index in [4.69, 9.17) is 21.1 Å². The van der Waals surface area contributed by atoms with Gasteiger partial charge < -0.3 is 14.8 Å². The van der Waals surface area contributed by atoms with E-state index in [2.05, 4.69) is 15.8 Å². The van der Waals surface area contributed by atoms with Crippen LogP contribution in [0.3, 0.4) is 0 Å². The highest BCUT2D eigenvalue weighted by atomic mass is 35.5. The molecule has 8 nitrogen and oxygen atoms in total. The van der Waals surface area contributed by atoms with Crippen LogP contribution in [-0.4, -0.2) is 30.6 Å². The molecule has 0 unspecified atom stereocenters. The quantitative estimate of drug-likeness (QED) is 0.0548. The lowest BCUT2D eigenvalue weighted by Crippen LogP contribution is -2.17. The van der Waals surface area contributed by atoms with Gasteiger partial charge in [0.25, 0.3) is 11.8 Å². The van der Waals surface area contributed by atoms with Gasteiger partial charge in [0.2, 0.25) is 0 Å². The summed E-state index contributed by atoms with van der Waals surface area (Å²) in [5, 5.41) is 8.09. The Labute approximate surface area is 262 Å². The van der Waals surface area contributed by atoms with Gasteiger partial charge in [0.15, 0.2) is 11.5 Å². The van der Waals surface area contributed by atoms with Gasteiger partial charge in [-0.25, -0.2) is 10.2 Å². The van der Waals surface area contributed by atoms with E-state index in [0.717, 1.165) is 15.6 Å². The van der Waals surface area contributed by atoms with E-state index in [9.17, 15) is 14.4 Å². The van der Waals surface area contributed by atoms with E-state index >= 15 is 0 Å². The first-order chi connectivity index (χ1) is 21.4. The van der Waals surface area contributed by atoms with Gasteiger partial charge in [-0.3, -0.25) is 9.59 Å². The summed E-state index contributed by atoms with van der Waals surface area (Å²) in [4.78, 5) is 38.2. The number of amides is 2. The third kappa shape index (κ3) is 7.57. The van der Waals surface area contributed by atoms with Crippen LogP contribution in [-0.2, 0) is 4.79 Å². The molecular formula is C34H26ClN3O5S. The highest BCUT2D eigenvalue weighted by molar-refractivity contribution is 7.21. The van der Waals surface area contributed by atoms with Crippen LogP contribution in [0.15, 0.2) is 108 Å². The van der Waals surface area contributed by atoms with E-state index in [1.54, 1.807) is 48.5 Å². The lowest BCUT2D eigenvalue weighted by Gasteiger charge is -2.10. The number of rotatable bonds is 10. The molecule has 0 aliphatic carbocycles. The Morgan fingerprint density at radius 2 is 1.61 bits per heavy atom. The number of hydrazone groups is 1. The maximum Gasteiger partial charge on any atom is 0.336 e. The molecule has 0 bridgehead atoms. The molecule has 0 radical (unpaired) electrons. The fourth-order valence-electron chi connectivity index (χ4n) is 4.11. The molecule has 220 valence electrons. The largest absolute Gasteiger partial charge is 0.490 e. The first-order valence-electron chi connectivity index (χ1n) is 13.5. The molecule has 5 aromatic rings. The van der Waals surface area contributed by atoms with Crippen LogP contribution in [0.1, 0.15) is 38.1 Å². The molecule has 0 saturated heterocycles. The average Bonchev–Trinajstić information content (AvgIpc) is 3.38. The smallest absolute Gasteiger partial charge is 0.336 e. The Morgan fingerprint density at radius 3 is 2.36 bits per heavy atom. The van der Waals surface area contributed by atoms with E-state index in [-0.39, 0.29) is 11.7 Å². The van der Waals surface area contributed by atoms with Crippen molar-refractivity contribution in [3.8, 4) is 11.5 Å². The average molecular weight is 624 g/mol. The Morgan fingerprint density at radius 1 is 0.864 bits per heavy atom. The number of anilines is 1. The highest BCUT2D eigenvalue weighted by Crippen LogP contribution is 2.35. The Bertz CT molecular complexity index is 1870. The fourth-order valence-corrected chi connectivity index (χ4v) is 5.52. The van der Waals surface area contributed by atoms with Crippen molar-refractivity contribution in [2.24, 2.45) is 5.10 Å². The van der Waals surface area contributed by atoms with Crippen molar-refractivity contribution in [1.29, 1.82) is 0 Å². The Kier molecular flexibility index (Phi) is 9.81. The summed E-state index contributed by atoms with van der Waals surface area (Å²) >= 11 is 7.73. The third-order valence-electron chi connectivity index (χ3n) is 6.22. The number of halogens is 1. The molecule has 0 spiro atoms. The number of nitrogens with zero attached hydrogens (tertiary/aromatic N) is 1. The number of hydrogen-bond acceptors (Lipinski definition) is 7. The zero-order valence-electron chi connectivity index (χ0n) is 23.5. The molecule has 2 amide bonds. The predicted octanol–water partition coefficient (Wildman–Crippen LogP) is 7.59. The van der Waals surface area contributed by atoms with Gasteiger partial charge in [0.05, 0.1) is 17.8 Å². The molecule has 0 saturated carbocycles. The van der Waals surface area contributed by atoms with Crippen LogP contribution in [0.4, 0.5) is 5.69 Å². The van der Waals surface area contributed by atoms with E-state index in [0.29, 0.717) is 39.1 Å². The van der Waals surface area contributed by atoms with E-state index in [1.165, 1.54) is 23.6 Å². The van der Waals surface area contributed by atoms with Gasteiger partial charge >= 0.3 is 5.97 Å². The zero-order valence-corrected chi connectivity index (χ0v) is 25.0. The molecule has 1 aromatic heterocycles. The minimum absolute atomic E-state index is 0.262. The van der Waals surface area contributed by atoms with Crippen molar-refractivity contribution in [3.63, 3.8) is 0 Å². The third-order valence-corrected chi connectivity index (χ3v) is 7.89. The molecule has 0 aliphatic rings. The van der Waals surface area contributed by atoms with Gasteiger partial charge in [-0.05, 0) is 72.7 Å². The summed E-state index contributed by atoms with van der Waals surface area (Å²) in [5.74, 6) is -0.685. The number of esters is 1. The minimum atomic E-state index is -0.544. The van der Waals surface area contributed by atoms with E-state index < -0.39 is 11.9 Å². The van der Waals surface area contributed by atoms with Crippen molar-refractivity contribution >= 4 is 68.8 Å². The monoisotopic (exact) mass is 623 g/mol. The number of benzene rings is 4. The second-order valence-electron chi connectivity index (χ2n) is 9.28. The fraction of sp³-hybridized carbons (Fsp3) is 0.0588. The van der Waals surface area contributed by atoms with Crippen molar-refractivity contribution in [3.05, 3.63) is 130 Å². The summed E-state index contributed by atoms with van der Waals surface area (Å²) in [6.07, 6.45) is 4.46. The Balaban J connectivity index is 1.17. The van der Waals surface area contributed by atoms with Crippen LogP contribution in [0.2, 0.25) is 5.02 Å². The molecule has 0 atom stereocenters. The summed E-state index contributed by atoms with van der Waals surface area (Å²) in [5.41, 5.74) is 4.83. The number of ether oxygens (including phenoxy) is 2. The van der Waals surface area contributed by atoms with Crippen molar-refractivity contribution in [1.82, 2.24) is 5.43 Å². The molecule has 0 fully saturated rings. The summed E-state index contributed by atoms with van der Waals surface area (Å²) in [7, 11) is 0. The van der Waals surface area contributed by atoms with Crippen molar-refractivity contribution < 1.29 is 23.9 Å². The number of carbonyl (C=O) groups is 3. The molecule has 4 aromatic carbocycles. The van der Waals surface area contributed by atoms with Crippen LogP contribution in [0.25, 0.3) is 16.2 Å². The maximum atomic E-state index is 12.8. The number of nitrogens with one attached hydrogen (secondary N) is 2. The minimum Gasteiger partial charge on any atom is -0.490 e. The van der Waals surface area contributed by atoms with Gasteiger partial charge in [-0.15, -0.1) is 11.3 Å². The number of fused-ring (bicyclic) bond motifs is 1. The normalized spacial score (nSPS) is 11.1. The van der Waals surface area contributed by atoms with Gasteiger partial charge in [-0.1, -0.05) is 60.1 Å². The lowest BCUT2D eigenvalue weighted by molar-refractivity contribution is -0.129. The first kappa shape index (κ1) is 30.2. The van der Waals surface area contributed by atoms with Gasteiger partial charge in [-0.2, -0.15) is 5.10 Å². The number of carbonyl (C=O) groups excluding carboxylic acids is 3. The van der Waals surface area contributed by atoms with Crippen LogP contribution in [0, 0.1) is 0 Å². The van der Waals surface area contributed by atoms with Crippen LogP contribution < -0.4 is 20.2 Å². The summed E-state index contributed by atoms with van der Waals surface area (Å²) in [6.45, 7) is 2.17. The number of hydrogen-bond donors (Lipinski definition) is 2. The SMILES string of the molecule is CCOc1cc(/C=N\NC(=O)c2ccc(NC(=O)c3sc4ccccc4c3Cl)cc2)ccc1OC(=O)/C=C/c1ccccc1. The number of thiophene rings is 1. The second-order valence-corrected chi connectivity index (χ2v) is 10.7. The van der Waals surface area contributed by atoms with Crippen LogP contribution in [0.5, 0.6) is 11.5 Å². The lowest BCUT2D eigenvalue weighted by atomic mass is 10.2. The molecule has 5 rings (SSSR count). The first-order valence-corrected chi connectivity index (χ1v) is 14.7. The summed E-state index contributed by atoms with van der Waals surface area (Å²) < 4.78 is 12.0. The van der Waals surface area contributed by atoms with Crippen molar-refractivity contribution in [2.75, 3.05) is 11.9 Å². The molecule has 0 aliphatic heterocycles. The highest BCUT2D eigenvalue weighted by Gasteiger charge is 2.17. The summed E-state index contributed by atoms with van der Waals surface area (Å²) in [6, 6.07) is 28.3. The predicted molar refractivity (Wildman–Crippen MR) is 175 cm³/mol. The van der Waals surface area contributed by atoms with Crippen LogP contribution >= 0.6 is 22.9 Å². The second kappa shape index (κ2) is 14.3. The maximum absolute atomic E-state index is 12.8. The molecule has 1 heterocycles. The molecule has 44 heavy (non-hydrogen) atoms. The van der Waals surface area contributed by atoms with E-state index in [1.807, 2.05) is 61.5 Å². The van der Waals surface area contributed by atoms with Gasteiger partial charge in [0.1, 0.15) is 4.88 Å². The molecular weight excluding hydrogens is 598 g/mol.